The van der Waals surface area contributed by atoms with Crippen LogP contribution in [0, 0.1) is 5.82 Å². The number of piperazine rings is 1. The number of likely N-dealkylation sites (N-methyl/N-ethyl adjacent to an activating group) is 1. The van der Waals surface area contributed by atoms with E-state index in [1.807, 2.05) is 42.5 Å². The molecule has 3 heterocycles. The molecule has 0 atom stereocenters. The Bertz CT molecular complexity index is 1580. The summed E-state index contributed by atoms with van der Waals surface area (Å²) in [5, 5.41) is 3.01. The monoisotopic (exact) mass is 535 g/mol. The van der Waals surface area contributed by atoms with Crippen molar-refractivity contribution < 1.29 is 9.18 Å². The first-order valence-electron chi connectivity index (χ1n) is 13.3. The molecule has 0 unspecified atom stereocenters. The van der Waals surface area contributed by atoms with Crippen LogP contribution in [0.25, 0.3) is 11.1 Å². The van der Waals surface area contributed by atoms with Gasteiger partial charge in [0.05, 0.1) is 6.54 Å². The van der Waals surface area contributed by atoms with E-state index in [2.05, 4.69) is 37.1 Å². The van der Waals surface area contributed by atoms with Crippen LogP contribution in [-0.2, 0) is 13.0 Å². The molecule has 3 aromatic carbocycles. The number of aliphatic imine (C=N–C) groups is 1. The van der Waals surface area contributed by atoms with Crippen molar-refractivity contribution in [3.05, 3.63) is 107 Å². The van der Waals surface area contributed by atoms with Crippen molar-refractivity contribution in [2.45, 2.75) is 13.0 Å². The van der Waals surface area contributed by atoms with Gasteiger partial charge >= 0.3 is 0 Å². The number of carbonyl (C=O) groups excluding carboxylic acids is 1. The molecule has 202 valence electrons. The summed E-state index contributed by atoms with van der Waals surface area (Å²) in [4.78, 5) is 30.8. The number of aromatic nitrogens is 2. The van der Waals surface area contributed by atoms with E-state index in [1.165, 1.54) is 12.1 Å². The Morgan fingerprint density at radius 2 is 1.73 bits per heavy atom. The maximum atomic E-state index is 14.0. The highest BCUT2D eigenvalue weighted by molar-refractivity contribution is 6.14. The SMILES string of the molecule is CN1CCN(c2ccc(C(=O)NC3=NCc4cc(-c5cnc(N)nc5)c(Cc5cccc(F)c5)cc43)cc2)CC1. The molecule has 0 saturated carbocycles. The van der Waals surface area contributed by atoms with Crippen LogP contribution in [-0.4, -0.2) is 59.8 Å². The number of halogens is 1. The molecule has 2 aliphatic heterocycles. The van der Waals surface area contributed by atoms with Gasteiger partial charge in [0.25, 0.3) is 5.91 Å². The topological polar surface area (TPSA) is 99.7 Å². The molecule has 4 aromatic rings. The molecule has 40 heavy (non-hydrogen) atoms. The lowest BCUT2D eigenvalue weighted by Gasteiger charge is -2.34. The fourth-order valence-corrected chi connectivity index (χ4v) is 5.22. The van der Waals surface area contributed by atoms with Gasteiger partial charge in [0.2, 0.25) is 5.95 Å². The van der Waals surface area contributed by atoms with Crippen LogP contribution in [0.1, 0.15) is 32.6 Å². The van der Waals surface area contributed by atoms with Crippen molar-refractivity contribution in [2.75, 3.05) is 43.9 Å². The average molecular weight is 536 g/mol. The number of nitrogen functional groups attached to an aromatic ring is 1. The van der Waals surface area contributed by atoms with E-state index in [-0.39, 0.29) is 17.7 Å². The maximum Gasteiger partial charge on any atom is 0.256 e. The summed E-state index contributed by atoms with van der Waals surface area (Å²) in [6.07, 6.45) is 3.85. The van der Waals surface area contributed by atoms with Gasteiger partial charge in [-0.05, 0) is 84.3 Å². The van der Waals surface area contributed by atoms with Gasteiger partial charge in [0, 0.05) is 61.0 Å². The van der Waals surface area contributed by atoms with Gasteiger partial charge in [-0.3, -0.25) is 9.79 Å². The van der Waals surface area contributed by atoms with Crippen molar-refractivity contribution >= 4 is 23.4 Å². The first-order valence-corrected chi connectivity index (χ1v) is 13.3. The van der Waals surface area contributed by atoms with E-state index in [0.29, 0.717) is 24.4 Å². The number of carbonyl (C=O) groups is 1. The summed E-state index contributed by atoms with van der Waals surface area (Å²) in [6, 6.07) is 18.3. The molecule has 0 spiro atoms. The number of benzene rings is 3. The number of nitrogens with zero attached hydrogens (tertiary/aromatic N) is 5. The Balaban J connectivity index is 1.25. The molecule has 0 radical (unpaired) electrons. The third-order valence-electron chi connectivity index (χ3n) is 7.49. The molecular formula is C31H30FN7O. The van der Waals surface area contributed by atoms with Gasteiger partial charge in [-0.1, -0.05) is 12.1 Å². The van der Waals surface area contributed by atoms with Crippen LogP contribution >= 0.6 is 0 Å². The van der Waals surface area contributed by atoms with Crippen LogP contribution in [0.15, 0.2) is 78.0 Å². The van der Waals surface area contributed by atoms with E-state index in [1.54, 1.807) is 18.5 Å². The smallest absolute Gasteiger partial charge is 0.256 e. The summed E-state index contributed by atoms with van der Waals surface area (Å²) >= 11 is 0. The highest BCUT2D eigenvalue weighted by Gasteiger charge is 2.22. The molecule has 8 nitrogen and oxygen atoms in total. The lowest BCUT2D eigenvalue weighted by Crippen LogP contribution is -2.44. The van der Waals surface area contributed by atoms with Crippen molar-refractivity contribution in [2.24, 2.45) is 4.99 Å². The zero-order chi connectivity index (χ0) is 27.6. The van der Waals surface area contributed by atoms with Gasteiger partial charge in [0.15, 0.2) is 0 Å². The van der Waals surface area contributed by atoms with Gasteiger partial charge in [-0.2, -0.15) is 0 Å². The van der Waals surface area contributed by atoms with Crippen LogP contribution < -0.4 is 16.0 Å². The molecule has 0 aliphatic carbocycles. The van der Waals surface area contributed by atoms with Crippen molar-refractivity contribution in [3.8, 4) is 11.1 Å². The van der Waals surface area contributed by atoms with Crippen molar-refractivity contribution in [1.82, 2.24) is 20.2 Å². The summed E-state index contributed by atoms with van der Waals surface area (Å²) in [7, 11) is 2.13. The number of hydrogen-bond donors (Lipinski definition) is 2. The van der Waals surface area contributed by atoms with Gasteiger partial charge in [-0.15, -0.1) is 0 Å². The maximum absolute atomic E-state index is 14.0. The quantitative estimate of drug-likeness (QED) is 0.402. The molecule has 1 fully saturated rings. The van der Waals surface area contributed by atoms with E-state index in [9.17, 15) is 9.18 Å². The van der Waals surface area contributed by atoms with Gasteiger partial charge in [0.1, 0.15) is 11.7 Å². The Morgan fingerprint density at radius 3 is 2.45 bits per heavy atom. The highest BCUT2D eigenvalue weighted by atomic mass is 19.1. The van der Waals surface area contributed by atoms with Crippen LogP contribution in [0.3, 0.4) is 0 Å². The minimum atomic E-state index is -0.288. The molecule has 2 aliphatic rings. The fourth-order valence-electron chi connectivity index (χ4n) is 5.22. The molecule has 1 aromatic heterocycles. The largest absolute Gasteiger partial charge is 0.369 e. The second-order valence-electron chi connectivity index (χ2n) is 10.3. The Kier molecular flexibility index (Phi) is 6.96. The lowest BCUT2D eigenvalue weighted by molar-refractivity contribution is 0.0977. The van der Waals surface area contributed by atoms with E-state index in [0.717, 1.165) is 65.2 Å². The Morgan fingerprint density at radius 1 is 0.975 bits per heavy atom. The Labute approximate surface area is 232 Å². The number of anilines is 2. The van der Waals surface area contributed by atoms with Crippen molar-refractivity contribution in [1.29, 1.82) is 0 Å². The van der Waals surface area contributed by atoms with Crippen LogP contribution in [0.2, 0.25) is 0 Å². The summed E-state index contributed by atoms with van der Waals surface area (Å²) in [5.41, 5.74) is 12.7. The second-order valence-corrected chi connectivity index (χ2v) is 10.3. The van der Waals surface area contributed by atoms with Gasteiger partial charge < -0.3 is 20.9 Å². The minimum Gasteiger partial charge on any atom is -0.369 e. The van der Waals surface area contributed by atoms with Crippen LogP contribution in [0.5, 0.6) is 0 Å². The summed E-state index contributed by atoms with van der Waals surface area (Å²) < 4.78 is 14.0. The number of amides is 1. The number of amidine groups is 1. The number of fused-ring (bicyclic) bond motifs is 1. The predicted octanol–water partition coefficient (Wildman–Crippen LogP) is 3.90. The summed E-state index contributed by atoms with van der Waals surface area (Å²) in [5.74, 6) is 0.230. The second kappa shape index (κ2) is 10.9. The fraction of sp³-hybridized carbons (Fsp3) is 0.226. The number of rotatable bonds is 5. The molecule has 9 heteroatoms. The van der Waals surface area contributed by atoms with E-state index in [4.69, 9.17) is 5.73 Å². The Hall–Kier alpha value is -4.63. The van der Waals surface area contributed by atoms with Crippen LogP contribution in [0.4, 0.5) is 16.0 Å². The summed E-state index contributed by atoms with van der Waals surface area (Å²) in [6.45, 7) is 4.43. The lowest BCUT2D eigenvalue weighted by atomic mass is 9.91. The molecule has 6 rings (SSSR count). The minimum absolute atomic E-state index is 0.196. The highest BCUT2D eigenvalue weighted by Crippen LogP contribution is 2.31. The number of nitrogens with two attached hydrogens (primary N) is 1. The zero-order valence-corrected chi connectivity index (χ0v) is 22.3. The molecular weight excluding hydrogens is 505 g/mol. The molecule has 0 bridgehead atoms. The predicted molar refractivity (Wildman–Crippen MR) is 155 cm³/mol. The average Bonchev–Trinajstić information content (AvgIpc) is 3.35. The van der Waals surface area contributed by atoms with E-state index >= 15 is 0 Å². The normalized spacial score (nSPS) is 15.1. The number of nitrogens with one attached hydrogen (secondary N) is 1. The third-order valence-corrected chi connectivity index (χ3v) is 7.49. The van der Waals surface area contributed by atoms with E-state index < -0.39 is 0 Å². The molecule has 1 saturated heterocycles. The molecule has 3 N–H and O–H groups in total. The van der Waals surface area contributed by atoms with Crippen molar-refractivity contribution in [3.63, 3.8) is 0 Å². The third kappa shape index (κ3) is 5.41. The standard InChI is InChI=1S/C31H30FN7O/c1-38-9-11-39(12-10-38)26-7-5-21(6-8-26)30(40)37-29-28-15-22(13-20-3-2-4-25(32)14-20)27(16-23(28)17-34-29)24-18-35-31(33)36-19-24/h2-8,14-16,18-19H,9-13,17H2,1H3,(H2,33,35,36)(H,34,37,40). The first-order chi connectivity index (χ1) is 19.4. The van der Waals surface area contributed by atoms with Gasteiger partial charge in [-0.25, -0.2) is 14.4 Å². The number of hydrogen-bond acceptors (Lipinski definition) is 7. The zero-order valence-electron chi connectivity index (χ0n) is 22.3. The first kappa shape index (κ1) is 25.6. The molecule has 1 amide bonds.